The number of nitrogens with one attached hydrogen (secondary N) is 1. The van der Waals surface area contributed by atoms with Gasteiger partial charge in [0.1, 0.15) is 0 Å². The van der Waals surface area contributed by atoms with E-state index in [1.807, 2.05) is 31.1 Å². The van der Waals surface area contributed by atoms with Crippen LogP contribution in [0.25, 0.3) is 0 Å². The van der Waals surface area contributed by atoms with E-state index in [9.17, 15) is 0 Å². The van der Waals surface area contributed by atoms with E-state index in [4.69, 9.17) is 0 Å². The minimum Gasteiger partial charge on any atom is -0.351 e. The quantitative estimate of drug-likeness (QED) is 0.800. The maximum atomic E-state index is 4.17. The van der Waals surface area contributed by atoms with Crippen molar-refractivity contribution in [2.75, 3.05) is 17.3 Å². The van der Waals surface area contributed by atoms with Gasteiger partial charge in [-0.2, -0.15) is 11.8 Å². The fourth-order valence-corrected chi connectivity index (χ4v) is 1.56. The van der Waals surface area contributed by atoms with Crippen molar-refractivity contribution in [1.82, 2.24) is 9.97 Å². The first-order valence-electron chi connectivity index (χ1n) is 4.26. The molecule has 13 heavy (non-hydrogen) atoms. The maximum Gasteiger partial charge on any atom is 0.222 e. The van der Waals surface area contributed by atoms with Crippen LogP contribution in [0.5, 0.6) is 0 Å². The summed E-state index contributed by atoms with van der Waals surface area (Å²) in [7, 11) is 0. The average molecular weight is 197 g/mol. The Morgan fingerprint density at radius 3 is 2.62 bits per heavy atom. The van der Waals surface area contributed by atoms with Crippen molar-refractivity contribution in [2.24, 2.45) is 0 Å². The second-order valence-electron chi connectivity index (χ2n) is 3.08. The molecule has 1 aromatic rings. The normalized spacial score (nSPS) is 12.5. The highest BCUT2D eigenvalue weighted by molar-refractivity contribution is 7.98. The molecule has 0 bridgehead atoms. The molecule has 0 saturated carbocycles. The van der Waals surface area contributed by atoms with Gasteiger partial charge in [-0.1, -0.05) is 0 Å². The molecule has 0 amide bonds. The molecule has 0 aliphatic carbocycles. The minimum atomic E-state index is 0.415. The maximum absolute atomic E-state index is 4.17. The van der Waals surface area contributed by atoms with Gasteiger partial charge in [0.25, 0.3) is 0 Å². The summed E-state index contributed by atoms with van der Waals surface area (Å²) in [5, 5.41) is 3.23. The summed E-state index contributed by atoms with van der Waals surface area (Å²) in [6.45, 7) is 4.11. The lowest BCUT2D eigenvalue weighted by atomic mass is 10.4. The van der Waals surface area contributed by atoms with Crippen LogP contribution in [0.1, 0.15) is 12.5 Å². The number of hydrogen-bond acceptors (Lipinski definition) is 4. The van der Waals surface area contributed by atoms with Crippen LogP contribution in [0.4, 0.5) is 5.95 Å². The molecular formula is C9H15N3S. The molecule has 0 aliphatic rings. The highest BCUT2D eigenvalue weighted by Crippen LogP contribution is 2.04. The molecule has 0 aliphatic heterocycles. The molecule has 4 heteroatoms. The molecule has 0 radical (unpaired) electrons. The summed E-state index contributed by atoms with van der Waals surface area (Å²) in [6.07, 6.45) is 5.73. The van der Waals surface area contributed by atoms with Crippen LogP contribution < -0.4 is 5.32 Å². The second kappa shape index (κ2) is 5.07. The summed E-state index contributed by atoms with van der Waals surface area (Å²) in [5.41, 5.74) is 1.09. The molecule has 1 heterocycles. The number of anilines is 1. The monoisotopic (exact) mass is 197 g/mol. The van der Waals surface area contributed by atoms with E-state index in [2.05, 4.69) is 28.5 Å². The molecule has 1 N–H and O–H groups in total. The highest BCUT2D eigenvalue weighted by Gasteiger charge is 2.01. The Kier molecular flexibility index (Phi) is 4.02. The number of aryl methyl sites for hydroxylation is 1. The zero-order valence-corrected chi connectivity index (χ0v) is 9.06. The third-order valence-corrected chi connectivity index (χ3v) is 2.41. The van der Waals surface area contributed by atoms with Crippen molar-refractivity contribution in [3.63, 3.8) is 0 Å². The molecule has 3 nitrogen and oxygen atoms in total. The molecule has 0 aromatic carbocycles. The summed E-state index contributed by atoms with van der Waals surface area (Å²) in [5.74, 6) is 1.78. The lowest BCUT2D eigenvalue weighted by Crippen LogP contribution is -2.19. The van der Waals surface area contributed by atoms with Crippen molar-refractivity contribution in [3.05, 3.63) is 18.0 Å². The molecular weight excluding hydrogens is 182 g/mol. The van der Waals surface area contributed by atoms with Crippen LogP contribution in [0, 0.1) is 6.92 Å². The Labute approximate surface area is 83.4 Å². The Balaban J connectivity index is 2.49. The van der Waals surface area contributed by atoms with Gasteiger partial charge in [0.15, 0.2) is 0 Å². The van der Waals surface area contributed by atoms with E-state index < -0.39 is 0 Å². The van der Waals surface area contributed by atoms with Crippen LogP contribution in [0.2, 0.25) is 0 Å². The zero-order chi connectivity index (χ0) is 9.68. The number of aromatic nitrogens is 2. The van der Waals surface area contributed by atoms with Gasteiger partial charge in [-0.15, -0.1) is 0 Å². The topological polar surface area (TPSA) is 37.8 Å². The Bertz CT molecular complexity index is 248. The standard InChI is InChI=1S/C9H15N3S/c1-7-4-10-9(11-5-7)12-8(2)6-13-3/h4-5,8H,6H2,1-3H3,(H,10,11,12). The molecule has 0 fully saturated rings. The molecule has 1 rings (SSSR count). The van der Waals surface area contributed by atoms with E-state index in [0.29, 0.717) is 12.0 Å². The van der Waals surface area contributed by atoms with Crippen molar-refractivity contribution < 1.29 is 0 Å². The zero-order valence-electron chi connectivity index (χ0n) is 8.24. The molecule has 72 valence electrons. The lowest BCUT2D eigenvalue weighted by molar-refractivity contribution is 0.885. The number of thioether (sulfide) groups is 1. The number of rotatable bonds is 4. The van der Waals surface area contributed by atoms with Gasteiger partial charge in [0, 0.05) is 24.2 Å². The average Bonchev–Trinajstić information content (AvgIpc) is 2.09. The number of nitrogens with zero attached hydrogens (tertiary/aromatic N) is 2. The molecule has 0 saturated heterocycles. The molecule has 0 spiro atoms. The van der Waals surface area contributed by atoms with Crippen molar-refractivity contribution in [3.8, 4) is 0 Å². The van der Waals surface area contributed by atoms with Crippen LogP contribution >= 0.6 is 11.8 Å². The van der Waals surface area contributed by atoms with E-state index in [-0.39, 0.29) is 0 Å². The molecule has 1 unspecified atom stereocenters. The Morgan fingerprint density at radius 2 is 2.08 bits per heavy atom. The Hall–Kier alpha value is -0.770. The van der Waals surface area contributed by atoms with E-state index in [1.54, 1.807) is 0 Å². The van der Waals surface area contributed by atoms with Crippen molar-refractivity contribution in [1.29, 1.82) is 0 Å². The van der Waals surface area contributed by atoms with Gasteiger partial charge in [-0.3, -0.25) is 0 Å². The largest absolute Gasteiger partial charge is 0.351 e. The number of hydrogen-bond donors (Lipinski definition) is 1. The van der Waals surface area contributed by atoms with Gasteiger partial charge in [-0.25, -0.2) is 9.97 Å². The highest BCUT2D eigenvalue weighted by atomic mass is 32.2. The van der Waals surface area contributed by atoms with Gasteiger partial charge in [-0.05, 0) is 25.7 Å². The molecule has 1 aromatic heterocycles. The van der Waals surface area contributed by atoms with Gasteiger partial charge in [0.2, 0.25) is 5.95 Å². The van der Waals surface area contributed by atoms with Crippen LogP contribution in [-0.4, -0.2) is 28.0 Å². The van der Waals surface area contributed by atoms with Crippen LogP contribution in [0.15, 0.2) is 12.4 Å². The summed E-state index contributed by atoms with van der Waals surface area (Å²) in [6, 6.07) is 0.415. The third-order valence-electron chi connectivity index (χ3n) is 1.57. The first-order valence-corrected chi connectivity index (χ1v) is 5.66. The lowest BCUT2D eigenvalue weighted by Gasteiger charge is -2.11. The fraction of sp³-hybridized carbons (Fsp3) is 0.556. The first-order chi connectivity index (χ1) is 6.22. The summed E-state index contributed by atoms with van der Waals surface area (Å²) in [4.78, 5) is 8.34. The smallest absolute Gasteiger partial charge is 0.222 e. The predicted octanol–water partition coefficient (Wildman–Crippen LogP) is 1.95. The fourth-order valence-electron chi connectivity index (χ4n) is 0.979. The summed E-state index contributed by atoms with van der Waals surface area (Å²) >= 11 is 1.81. The first kappa shape index (κ1) is 10.3. The molecule has 1 atom stereocenters. The van der Waals surface area contributed by atoms with Gasteiger partial charge >= 0.3 is 0 Å². The van der Waals surface area contributed by atoms with Gasteiger partial charge < -0.3 is 5.32 Å². The minimum absolute atomic E-state index is 0.415. The van der Waals surface area contributed by atoms with Gasteiger partial charge in [0.05, 0.1) is 0 Å². The van der Waals surface area contributed by atoms with Crippen molar-refractivity contribution in [2.45, 2.75) is 19.9 Å². The van der Waals surface area contributed by atoms with Crippen LogP contribution in [-0.2, 0) is 0 Å². The van der Waals surface area contributed by atoms with E-state index in [1.165, 1.54) is 0 Å². The second-order valence-corrected chi connectivity index (χ2v) is 4.00. The van der Waals surface area contributed by atoms with Crippen LogP contribution in [0.3, 0.4) is 0 Å². The van der Waals surface area contributed by atoms with E-state index >= 15 is 0 Å². The third kappa shape index (κ3) is 3.63. The SMILES string of the molecule is CSCC(C)Nc1ncc(C)cn1. The predicted molar refractivity (Wildman–Crippen MR) is 58.2 cm³/mol. The Morgan fingerprint density at radius 1 is 1.46 bits per heavy atom. The van der Waals surface area contributed by atoms with Crippen molar-refractivity contribution >= 4 is 17.7 Å². The van der Waals surface area contributed by atoms with E-state index in [0.717, 1.165) is 11.3 Å². The summed E-state index contributed by atoms with van der Waals surface area (Å²) < 4.78 is 0.